The van der Waals surface area contributed by atoms with Gasteiger partial charge in [-0.15, -0.1) is 0 Å². The van der Waals surface area contributed by atoms with Crippen molar-refractivity contribution in [3.63, 3.8) is 0 Å². The largest absolute Gasteiger partial charge is 0.383 e. The number of halogens is 2. The molecule has 0 radical (unpaired) electrons. The summed E-state index contributed by atoms with van der Waals surface area (Å²) in [6.07, 6.45) is 1.94. The van der Waals surface area contributed by atoms with Gasteiger partial charge in [-0.1, -0.05) is 11.6 Å². The normalized spacial score (nSPS) is 12.5. The van der Waals surface area contributed by atoms with Crippen molar-refractivity contribution in [2.45, 2.75) is 25.8 Å². The lowest BCUT2D eigenvalue weighted by atomic mass is 10.1. The van der Waals surface area contributed by atoms with E-state index in [2.05, 4.69) is 21.2 Å². The van der Waals surface area contributed by atoms with Crippen LogP contribution in [-0.4, -0.2) is 26.3 Å². The number of aryl methyl sites for hydroxylation is 1. The van der Waals surface area contributed by atoms with Gasteiger partial charge in [0.05, 0.1) is 12.3 Å². The maximum absolute atomic E-state index is 6.14. The number of methoxy groups -OCH3 is 1. The van der Waals surface area contributed by atoms with Gasteiger partial charge < -0.3 is 15.8 Å². The molecule has 0 heterocycles. The number of nitrogens with one attached hydrogen (secondary N) is 1. The van der Waals surface area contributed by atoms with Crippen molar-refractivity contribution in [1.29, 1.82) is 0 Å². The molecular formula is C13H20BrClN2O. The zero-order chi connectivity index (χ0) is 13.5. The molecule has 0 aromatic heterocycles. The number of ether oxygens (including phenoxy) is 1. The third-order valence-corrected chi connectivity index (χ3v) is 3.80. The summed E-state index contributed by atoms with van der Waals surface area (Å²) in [6.45, 7) is 3.33. The van der Waals surface area contributed by atoms with Crippen molar-refractivity contribution in [2.75, 3.05) is 25.6 Å². The van der Waals surface area contributed by atoms with E-state index in [0.29, 0.717) is 13.2 Å². The summed E-state index contributed by atoms with van der Waals surface area (Å²) in [7, 11) is 1.70. The monoisotopic (exact) mass is 334 g/mol. The molecule has 1 atom stereocenters. The zero-order valence-corrected chi connectivity index (χ0v) is 13.1. The molecule has 3 nitrogen and oxygen atoms in total. The Morgan fingerprint density at radius 2 is 2.22 bits per heavy atom. The summed E-state index contributed by atoms with van der Waals surface area (Å²) < 4.78 is 6.23. The maximum atomic E-state index is 6.14. The molecule has 0 fully saturated rings. The maximum Gasteiger partial charge on any atom is 0.0664 e. The number of rotatable bonds is 7. The highest BCUT2D eigenvalue weighted by atomic mass is 79.9. The summed E-state index contributed by atoms with van der Waals surface area (Å²) >= 11 is 9.68. The van der Waals surface area contributed by atoms with Crippen LogP contribution < -0.4 is 11.1 Å². The van der Waals surface area contributed by atoms with Gasteiger partial charge in [0.2, 0.25) is 0 Å². The van der Waals surface area contributed by atoms with Crippen LogP contribution in [0.5, 0.6) is 0 Å². The summed E-state index contributed by atoms with van der Waals surface area (Å²) in [5.74, 6) is 0. The average Bonchev–Trinajstić information content (AvgIpc) is 2.33. The molecule has 18 heavy (non-hydrogen) atoms. The third-order valence-electron chi connectivity index (χ3n) is 2.73. The Morgan fingerprint density at radius 1 is 1.50 bits per heavy atom. The fraction of sp³-hybridized carbons (Fsp3) is 0.538. The molecule has 1 aromatic rings. The number of benzene rings is 1. The first-order valence-corrected chi connectivity index (χ1v) is 7.16. The summed E-state index contributed by atoms with van der Waals surface area (Å²) in [5, 5.41) is 4.20. The number of anilines is 1. The molecule has 0 aliphatic heterocycles. The molecule has 1 unspecified atom stereocenters. The fourth-order valence-electron chi connectivity index (χ4n) is 1.74. The predicted octanol–water partition coefficient (Wildman–Crippen LogP) is 3.58. The minimum Gasteiger partial charge on any atom is -0.383 e. The van der Waals surface area contributed by atoms with Crippen LogP contribution in [0.4, 0.5) is 5.69 Å². The minimum absolute atomic E-state index is 0.244. The number of nitrogens with two attached hydrogens (primary N) is 1. The lowest BCUT2D eigenvalue weighted by molar-refractivity contribution is 0.182. The van der Waals surface area contributed by atoms with Crippen molar-refractivity contribution >= 4 is 33.2 Å². The Balaban J connectivity index is 2.76. The first kappa shape index (κ1) is 15.8. The van der Waals surface area contributed by atoms with Crippen LogP contribution in [0.25, 0.3) is 0 Å². The molecule has 0 saturated heterocycles. The second kappa shape index (κ2) is 8.00. The summed E-state index contributed by atoms with van der Waals surface area (Å²) in [4.78, 5) is 0. The summed E-state index contributed by atoms with van der Waals surface area (Å²) in [5.41, 5.74) is 7.59. The van der Waals surface area contributed by atoms with Gasteiger partial charge in [-0.25, -0.2) is 0 Å². The Morgan fingerprint density at radius 3 is 2.83 bits per heavy atom. The van der Waals surface area contributed by atoms with Gasteiger partial charge in [-0.2, -0.15) is 0 Å². The summed E-state index contributed by atoms with van der Waals surface area (Å²) in [6, 6.07) is 4.19. The molecule has 3 N–H and O–H groups in total. The van der Waals surface area contributed by atoms with E-state index in [0.717, 1.165) is 33.6 Å². The van der Waals surface area contributed by atoms with Crippen molar-refractivity contribution < 1.29 is 4.74 Å². The smallest absolute Gasteiger partial charge is 0.0664 e. The van der Waals surface area contributed by atoms with Gasteiger partial charge in [0.15, 0.2) is 0 Å². The second-order valence-electron chi connectivity index (χ2n) is 4.31. The highest BCUT2D eigenvalue weighted by Gasteiger charge is 2.11. The lowest BCUT2D eigenvalue weighted by Crippen LogP contribution is -2.26. The molecule has 5 heteroatoms. The third kappa shape index (κ3) is 4.76. The molecule has 0 spiro atoms. The topological polar surface area (TPSA) is 47.3 Å². The van der Waals surface area contributed by atoms with Gasteiger partial charge in [-0.3, -0.25) is 0 Å². The molecule has 1 aromatic carbocycles. The number of hydrogen-bond donors (Lipinski definition) is 2. The van der Waals surface area contributed by atoms with E-state index in [-0.39, 0.29) is 6.04 Å². The van der Waals surface area contributed by atoms with Crippen LogP contribution in [0.15, 0.2) is 16.6 Å². The van der Waals surface area contributed by atoms with E-state index in [1.54, 1.807) is 7.11 Å². The second-order valence-corrected chi connectivity index (χ2v) is 5.57. The molecular weight excluding hydrogens is 316 g/mol. The van der Waals surface area contributed by atoms with E-state index in [1.807, 2.05) is 19.1 Å². The van der Waals surface area contributed by atoms with Gasteiger partial charge in [0, 0.05) is 22.6 Å². The van der Waals surface area contributed by atoms with Gasteiger partial charge in [-0.05, 0) is 59.9 Å². The van der Waals surface area contributed by atoms with Gasteiger partial charge in [0.1, 0.15) is 0 Å². The quantitative estimate of drug-likeness (QED) is 0.800. The number of hydrogen-bond acceptors (Lipinski definition) is 3. The van der Waals surface area contributed by atoms with Crippen LogP contribution in [0.3, 0.4) is 0 Å². The molecule has 1 rings (SSSR count). The Hall–Kier alpha value is -0.290. The van der Waals surface area contributed by atoms with Crippen molar-refractivity contribution in [1.82, 2.24) is 0 Å². The molecule has 0 amide bonds. The van der Waals surface area contributed by atoms with Crippen molar-refractivity contribution in [3.8, 4) is 0 Å². The molecule has 102 valence electrons. The average molecular weight is 336 g/mol. The lowest BCUT2D eigenvalue weighted by Gasteiger charge is -2.20. The zero-order valence-electron chi connectivity index (χ0n) is 10.8. The molecule has 0 aliphatic rings. The highest BCUT2D eigenvalue weighted by Crippen LogP contribution is 2.30. The van der Waals surface area contributed by atoms with Crippen LogP contribution in [-0.2, 0) is 4.74 Å². The SMILES string of the molecule is COCC(CCCN)Nc1cc(Cl)c(C)cc1Br. The molecule has 0 saturated carbocycles. The first-order chi connectivity index (χ1) is 8.58. The van der Waals surface area contributed by atoms with E-state index < -0.39 is 0 Å². The van der Waals surface area contributed by atoms with E-state index in [9.17, 15) is 0 Å². The Bertz CT molecular complexity index is 387. The van der Waals surface area contributed by atoms with E-state index in [1.165, 1.54) is 0 Å². The van der Waals surface area contributed by atoms with Crippen LogP contribution >= 0.6 is 27.5 Å². The van der Waals surface area contributed by atoms with Crippen LogP contribution in [0.1, 0.15) is 18.4 Å². The van der Waals surface area contributed by atoms with Gasteiger partial charge in [0.25, 0.3) is 0 Å². The van der Waals surface area contributed by atoms with Gasteiger partial charge >= 0.3 is 0 Å². The standard InChI is InChI=1S/C13H20BrClN2O/c1-9-6-11(14)13(7-12(9)15)17-10(8-18-2)4-3-5-16/h6-7,10,17H,3-5,8,16H2,1-2H3. The molecule has 0 bridgehead atoms. The minimum atomic E-state index is 0.244. The Kier molecular flexibility index (Phi) is 7.00. The van der Waals surface area contributed by atoms with E-state index >= 15 is 0 Å². The van der Waals surface area contributed by atoms with Crippen LogP contribution in [0.2, 0.25) is 5.02 Å². The Labute approximate surface area is 122 Å². The van der Waals surface area contributed by atoms with Crippen molar-refractivity contribution in [2.24, 2.45) is 5.73 Å². The first-order valence-electron chi connectivity index (χ1n) is 5.99. The fourth-order valence-corrected chi connectivity index (χ4v) is 2.48. The van der Waals surface area contributed by atoms with Crippen LogP contribution in [0, 0.1) is 6.92 Å². The van der Waals surface area contributed by atoms with Crippen molar-refractivity contribution in [3.05, 3.63) is 27.2 Å². The highest BCUT2D eigenvalue weighted by molar-refractivity contribution is 9.10. The van der Waals surface area contributed by atoms with E-state index in [4.69, 9.17) is 22.1 Å². The predicted molar refractivity (Wildman–Crippen MR) is 81.5 cm³/mol. The molecule has 0 aliphatic carbocycles.